The van der Waals surface area contributed by atoms with E-state index in [1.807, 2.05) is 72.8 Å². The Hall–Kier alpha value is -3.20. The molecule has 0 aliphatic carbocycles. The molecule has 0 spiro atoms. The van der Waals surface area contributed by atoms with E-state index in [-0.39, 0.29) is 5.76 Å². The fraction of sp³-hybridized carbons (Fsp3) is 0. The van der Waals surface area contributed by atoms with Crippen molar-refractivity contribution < 1.29 is 5.11 Å². The molecule has 0 saturated carbocycles. The molecular weight excluding hydrogens is 284 g/mol. The molecule has 0 unspecified atom stereocenters. The third kappa shape index (κ3) is 4.14. The highest BCUT2D eigenvalue weighted by Gasteiger charge is 1.99. The minimum Gasteiger partial charge on any atom is -0.507 e. The smallest absolute Gasteiger partial charge is 0.125 e. The zero-order chi connectivity index (χ0) is 15.9. The van der Waals surface area contributed by atoms with Crippen molar-refractivity contribution >= 4 is 24.0 Å². The van der Waals surface area contributed by atoms with Gasteiger partial charge in [0.2, 0.25) is 0 Å². The molecule has 0 saturated heterocycles. The summed E-state index contributed by atoms with van der Waals surface area (Å²) in [6.45, 7) is 0. The first-order chi connectivity index (χ1) is 11.3. The summed E-state index contributed by atoms with van der Waals surface area (Å²) < 4.78 is 0. The van der Waals surface area contributed by atoms with Crippen molar-refractivity contribution in [3.8, 4) is 0 Å². The second kappa shape index (κ2) is 7.18. The van der Waals surface area contributed by atoms with E-state index in [1.54, 1.807) is 18.5 Å². The molecule has 0 fully saturated rings. The minimum atomic E-state index is 0.174. The van der Waals surface area contributed by atoms with Crippen molar-refractivity contribution in [3.63, 3.8) is 0 Å². The molecule has 1 heterocycles. The average molecular weight is 300 g/mol. The van der Waals surface area contributed by atoms with Gasteiger partial charge in [0.25, 0.3) is 0 Å². The first-order valence-corrected chi connectivity index (χ1v) is 7.32. The number of hydrogen-bond donors (Lipinski definition) is 1. The molecule has 0 atom stereocenters. The van der Waals surface area contributed by atoms with Crippen LogP contribution >= 0.6 is 0 Å². The lowest BCUT2D eigenvalue weighted by Crippen LogP contribution is -1.89. The van der Waals surface area contributed by atoms with Crippen molar-refractivity contribution in [2.45, 2.75) is 0 Å². The van der Waals surface area contributed by atoms with Gasteiger partial charge in [-0.1, -0.05) is 66.7 Å². The van der Waals surface area contributed by atoms with Gasteiger partial charge in [0.05, 0.1) is 23.8 Å². The lowest BCUT2D eigenvalue weighted by atomic mass is 10.1. The van der Waals surface area contributed by atoms with E-state index in [0.29, 0.717) is 5.69 Å². The van der Waals surface area contributed by atoms with Gasteiger partial charge in [-0.25, -0.2) is 0 Å². The fourth-order valence-corrected chi connectivity index (χ4v) is 2.09. The van der Waals surface area contributed by atoms with Gasteiger partial charge in [-0.05, 0) is 11.6 Å². The molecule has 0 amide bonds. The molecule has 3 aromatic rings. The Morgan fingerprint density at radius 3 is 2.00 bits per heavy atom. The first-order valence-electron chi connectivity index (χ1n) is 7.32. The summed E-state index contributed by atoms with van der Waals surface area (Å²) in [5, 5.41) is 10.1. The third-order valence-electron chi connectivity index (χ3n) is 3.29. The summed E-state index contributed by atoms with van der Waals surface area (Å²) in [6.07, 6.45) is 8.83. The van der Waals surface area contributed by atoms with Crippen LogP contribution < -0.4 is 0 Å². The molecule has 23 heavy (non-hydrogen) atoms. The van der Waals surface area contributed by atoms with E-state index in [2.05, 4.69) is 9.97 Å². The van der Waals surface area contributed by atoms with Gasteiger partial charge < -0.3 is 5.11 Å². The average Bonchev–Trinajstić information content (AvgIpc) is 2.63. The molecule has 0 aliphatic heterocycles. The van der Waals surface area contributed by atoms with Crippen LogP contribution in [0, 0.1) is 0 Å². The summed E-state index contributed by atoms with van der Waals surface area (Å²) >= 11 is 0. The van der Waals surface area contributed by atoms with Gasteiger partial charge in [0, 0.05) is 11.6 Å². The van der Waals surface area contributed by atoms with Gasteiger partial charge in [-0.2, -0.15) is 0 Å². The maximum absolute atomic E-state index is 10.1. The Kier molecular flexibility index (Phi) is 4.60. The molecule has 2 aromatic carbocycles. The predicted molar refractivity (Wildman–Crippen MR) is 94.3 cm³/mol. The summed E-state index contributed by atoms with van der Waals surface area (Å²) in [7, 11) is 0. The number of nitrogens with zero attached hydrogens (tertiary/aromatic N) is 2. The third-order valence-corrected chi connectivity index (χ3v) is 3.29. The van der Waals surface area contributed by atoms with Crippen molar-refractivity contribution in [1.82, 2.24) is 9.97 Å². The Balaban J connectivity index is 1.74. The Labute approximate surface area is 135 Å². The molecule has 1 aromatic heterocycles. The number of aliphatic hydroxyl groups excluding tert-OH is 1. The highest BCUT2D eigenvalue weighted by molar-refractivity contribution is 5.75. The molecule has 3 heteroatoms. The predicted octanol–water partition coefficient (Wildman–Crippen LogP) is 4.70. The van der Waals surface area contributed by atoms with E-state index in [0.717, 1.165) is 16.8 Å². The van der Waals surface area contributed by atoms with Gasteiger partial charge in [-0.3, -0.25) is 9.97 Å². The second-order valence-corrected chi connectivity index (χ2v) is 5.01. The van der Waals surface area contributed by atoms with E-state index < -0.39 is 0 Å². The summed E-state index contributed by atoms with van der Waals surface area (Å²) in [5.74, 6) is 0.174. The van der Waals surface area contributed by atoms with Gasteiger partial charge >= 0.3 is 0 Å². The van der Waals surface area contributed by atoms with Crippen LogP contribution in [0.25, 0.3) is 24.0 Å². The molecule has 0 bridgehead atoms. The first kappa shape index (κ1) is 14.7. The molecule has 0 aliphatic rings. The standard InChI is InChI=1S/C20H16N2O/c23-20(17-9-5-2-6-10-17)13-19-15-21-18(14-22-19)12-11-16-7-3-1-4-8-16/h1-15,23H/b12-11+,20-13+. The zero-order valence-corrected chi connectivity index (χ0v) is 12.5. The Bertz CT molecular complexity index is 807. The highest BCUT2D eigenvalue weighted by Crippen LogP contribution is 2.14. The van der Waals surface area contributed by atoms with Gasteiger partial charge in [0.15, 0.2) is 0 Å². The van der Waals surface area contributed by atoms with Crippen LogP contribution in [0.4, 0.5) is 0 Å². The van der Waals surface area contributed by atoms with Crippen molar-refractivity contribution in [1.29, 1.82) is 0 Å². The lowest BCUT2D eigenvalue weighted by molar-refractivity contribution is 0.515. The lowest BCUT2D eigenvalue weighted by Gasteiger charge is -2.00. The van der Waals surface area contributed by atoms with Crippen LogP contribution in [0.15, 0.2) is 73.1 Å². The maximum atomic E-state index is 10.1. The molecule has 1 N–H and O–H groups in total. The van der Waals surface area contributed by atoms with Crippen LogP contribution in [0.1, 0.15) is 22.5 Å². The normalized spacial score (nSPS) is 11.7. The quantitative estimate of drug-likeness (QED) is 0.710. The van der Waals surface area contributed by atoms with Crippen molar-refractivity contribution in [3.05, 3.63) is 95.6 Å². The minimum absolute atomic E-state index is 0.174. The Morgan fingerprint density at radius 1 is 0.739 bits per heavy atom. The van der Waals surface area contributed by atoms with Crippen LogP contribution in [-0.4, -0.2) is 15.1 Å². The van der Waals surface area contributed by atoms with Gasteiger partial charge in [-0.15, -0.1) is 0 Å². The molecule has 3 rings (SSSR count). The number of aliphatic hydroxyl groups is 1. The van der Waals surface area contributed by atoms with Crippen LogP contribution in [0.5, 0.6) is 0 Å². The number of aromatic nitrogens is 2. The number of benzene rings is 2. The molecule has 0 radical (unpaired) electrons. The molecular formula is C20H16N2O. The van der Waals surface area contributed by atoms with Crippen molar-refractivity contribution in [2.24, 2.45) is 0 Å². The summed E-state index contributed by atoms with van der Waals surface area (Å²) in [5.41, 5.74) is 3.25. The summed E-state index contributed by atoms with van der Waals surface area (Å²) in [4.78, 5) is 8.64. The van der Waals surface area contributed by atoms with E-state index in [1.165, 1.54) is 0 Å². The second-order valence-electron chi connectivity index (χ2n) is 5.01. The number of rotatable bonds is 4. The van der Waals surface area contributed by atoms with Crippen LogP contribution in [-0.2, 0) is 0 Å². The van der Waals surface area contributed by atoms with Crippen LogP contribution in [0.3, 0.4) is 0 Å². The molecule has 112 valence electrons. The van der Waals surface area contributed by atoms with E-state index in [4.69, 9.17) is 0 Å². The fourth-order valence-electron chi connectivity index (χ4n) is 2.09. The van der Waals surface area contributed by atoms with Crippen molar-refractivity contribution in [2.75, 3.05) is 0 Å². The van der Waals surface area contributed by atoms with Gasteiger partial charge in [0.1, 0.15) is 5.76 Å². The number of hydrogen-bond acceptors (Lipinski definition) is 3. The van der Waals surface area contributed by atoms with E-state index in [9.17, 15) is 5.11 Å². The SMILES string of the molecule is O/C(=C/c1cnc(/C=C/c2ccccc2)cn1)c1ccccc1. The molecule has 3 nitrogen and oxygen atoms in total. The zero-order valence-electron chi connectivity index (χ0n) is 12.5. The Morgan fingerprint density at radius 2 is 1.35 bits per heavy atom. The topological polar surface area (TPSA) is 46.0 Å². The maximum Gasteiger partial charge on any atom is 0.125 e. The highest BCUT2D eigenvalue weighted by atomic mass is 16.3. The largest absolute Gasteiger partial charge is 0.507 e. The monoisotopic (exact) mass is 300 g/mol. The summed E-state index contributed by atoms with van der Waals surface area (Å²) in [6, 6.07) is 19.4. The van der Waals surface area contributed by atoms with Crippen LogP contribution in [0.2, 0.25) is 0 Å². The van der Waals surface area contributed by atoms with E-state index >= 15 is 0 Å².